The first-order chi connectivity index (χ1) is 9.08. The summed E-state index contributed by atoms with van der Waals surface area (Å²) in [6, 6.07) is 12.6. The number of hydrogen-bond acceptors (Lipinski definition) is 2. The van der Waals surface area contributed by atoms with Crippen molar-refractivity contribution in [3.05, 3.63) is 68.1 Å². The molecule has 0 saturated heterocycles. The van der Waals surface area contributed by atoms with E-state index in [-0.39, 0.29) is 22.2 Å². The van der Waals surface area contributed by atoms with Crippen LogP contribution in [0.2, 0.25) is 10.0 Å². The highest BCUT2D eigenvalue weighted by atomic mass is 79.9. The first-order valence-electron chi connectivity index (χ1n) is 5.43. The molecule has 0 fully saturated rings. The monoisotopic (exact) mass is 358 g/mol. The van der Waals surface area contributed by atoms with Gasteiger partial charge in [-0.2, -0.15) is 0 Å². The van der Waals surface area contributed by atoms with Crippen LogP contribution in [0.25, 0.3) is 0 Å². The summed E-state index contributed by atoms with van der Waals surface area (Å²) in [4.78, 5) is 12.0. The molecular weight excluding hydrogens is 351 g/mol. The number of hydrogen-bond donors (Lipinski definition) is 0. The van der Waals surface area contributed by atoms with Gasteiger partial charge in [-0.3, -0.25) is 0 Å². The summed E-state index contributed by atoms with van der Waals surface area (Å²) in [6.45, 7) is 0.183. The first-order valence-corrected chi connectivity index (χ1v) is 6.98. The van der Waals surface area contributed by atoms with E-state index < -0.39 is 5.97 Å². The van der Waals surface area contributed by atoms with E-state index in [4.69, 9.17) is 27.9 Å². The topological polar surface area (TPSA) is 26.3 Å². The van der Waals surface area contributed by atoms with Crippen molar-refractivity contribution in [3.8, 4) is 0 Å². The quantitative estimate of drug-likeness (QED) is 0.711. The van der Waals surface area contributed by atoms with Gasteiger partial charge in [0.2, 0.25) is 0 Å². The fourth-order valence-corrected chi connectivity index (χ4v) is 2.90. The maximum atomic E-state index is 12.0. The van der Waals surface area contributed by atoms with E-state index >= 15 is 0 Å². The lowest BCUT2D eigenvalue weighted by Crippen LogP contribution is -2.07. The van der Waals surface area contributed by atoms with Crippen LogP contribution in [0.4, 0.5) is 0 Å². The van der Waals surface area contributed by atoms with Crippen molar-refractivity contribution in [2.24, 2.45) is 0 Å². The molecule has 0 aliphatic rings. The minimum Gasteiger partial charge on any atom is -0.457 e. The number of esters is 1. The molecule has 0 bridgehead atoms. The van der Waals surface area contributed by atoms with Crippen LogP contribution in [-0.2, 0) is 11.3 Å². The van der Waals surface area contributed by atoms with Gasteiger partial charge in [0.15, 0.2) is 0 Å². The molecule has 98 valence electrons. The van der Waals surface area contributed by atoms with Crippen LogP contribution in [0.3, 0.4) is 0 Å². The number of halogens is 3. The molecule has 0 N–H and O–H groups in total. The summed E-state index contributed by atoms with van der Waals surface area (Å²) >= 11 is 15.2. The highest BCUT2D eigenvalue weighted by molar-refractivity contribution is 9.10. The maximum absolute atomic E-state index is 12.0. The zero-order chi connectivity index (χ0) is 13.8. The average Bonchev–Trinajstić information content (AvgIpc) is 2.36. The molecule has 0 unspecified atom stereocenters. The Labute approximate surface area is 129 Å². The van der Waals surface area contributed by atoms with Crippen LogP contribution in [-0.4, -0.2) is 5.97 Å². The molecule has 5 heteroatoms. The Bertz CT molecular complexity index is 577. The van der Waals surface area contributed by atoms with E-state index in [1.807, 2.05) is 30.3 Å². The van der Waals surface area contributed by atoms with Crippen LogP contribution < -0.4 is 0 Å². The predicted octanol–water partition coefficient (Wildman–Crippen LogP) is 5.11. The van der Waals surface area contributed by atoms with Crippen molar-refractivity contribution in [2.45, 2.75) is 6.61 Å². The molecule has 2 nitrogen and oxygen atoms in total. The second kappa shape index (κ2) is 6.42. The van der Waals surface area contributed by atoms with E-state index in [0.29, 0.717) is 4.47 Å². The Hall–Kier alpha value is -1.03. The van der Waals surface area contributed by atoms with Crippen molar-refractivity contribution >= 4 is 45.1 Å². The molecular formula is C14H9BrCl2O2. The molecule has 0 aromatic heterocycles. The molecule has 0 amide bonds. The molecule has 0 aliphatic heterocycles. The zero-order valence-electron chi connectivity index (χ0n) is 9.70. The summed E-state index contributed by atoms with van der Waals surface area (Å²) in [5.41, 5.74) is 1.09. The van der Waals surface area contributed by atoms with Crippen LogP contribution in [0, 0.1) is 0 Å². The van der Waals surface area contributed by atoms with Gasteiger partial charge < -0.3 is 4.74 Å². The van der Waals surface area contributed by atoms with E-state index in [0.717, 1.165) is 5.56 Å². The lowest BCUT2D eigenvalue weighted by molar-refractivity contribution is 0.0473. The summed E-state index contributed by atoms with van der Waals surface area (Å²) < 4.78 is 5.90. The minimum absolute atomic E-state index is 0.183. The standard InChI is InChI=1S/C14H9BrCl2O2/c15-10-6-11(16)13(12(17)7-10)14(18)19-8-9-4-2-1-3-5-9/h1-7H,8H2. The third-order valence-corrected chi connectivity index (χ3v) is 3.48. The second-order valence-corrected chi connectivity index (χ2v) is 5.54. The van der Waals surface area contributed by atoms with Crippen LogP contribution in [0.1, 0.15) is 15.9 Å². The summed E-state index contributed by atoms with van der Waals surface area (Å²) in [5, 5.41) is 0.523. The Morgan fingerprint density at radius 1 is 1.11 bits per heavy atom. The average molecular weight is 360 g/mol. The molecule has 2 aromatic rings. The van der Waals surface area contributed by atoms with Gasteiger partial charge in [0.05, 0.1) is 15.6 Å². The lowest BCUT2D eigenvalue weighted by Gasteiger charge is -2.08. The molecule has 2 rings (SSSR count). The van der Waals surface area contributed by atoms with E-state index in [1.165, 1.54) is 0 Å². The summed E-state index contributed by atoms with van der Waals surface area (Å²) in [6.07, 6.45) is 0. The van der Waals surface area contributed by atoms with E-state index in [9.17, 15) is 4.79 Å². The van der Waals surface area contributed by atoms with Crippen molar-refractivity contribution < 1.29 is 9.53 Å². The highest BCUT2D eigenvalue weighted by Crippen LogP contribution is 2.29. The molecule has 0 saturated carbocycles. The van der Waals surface area contributed by atoms with E-state index in [2.05, 4.69) is 15.9 Å². The van der Waals surface area contributed by atoms with Crippen LogP contribution in [0.5, 0.6) is 0 Å². The van der Waals surface area contributed by atoms with E-state index in [1.54, 1.807) is 12.1 Å². The second-order valence-electron chi connectivity index (χ2n) is 3.81. The van der Waals surface area contributed by atoms with Gasteiger partial charge in [-0.15, -0.1) is 0 Å². The smallest absolute Gasteiger partial charge is 0.341 e. The number of carbonyl (C=O) groups excluding carboxylic acids is 1. The van der Waals surface area contributed by atoms with Gasteiger partial charge in [-0.25, -0.2) is 4.79 Å². The molecule has 0 atom stereocenters. The van der Waals surface area contributed by atoms with Crippen LogP contribution >= 0.6 is 39.1 Å². The normalized spacial score (nSPS) is 10.3. The molecule has 0 heterocycles. The fraction of sp³-hybridized carbons (Fsp3) is 0.0714. The Kier molecular flexibility index (Phi) is 4.86. The summed E-state index contributed by atoms with van der Waals surface area (Å²) in [5.74, 6) is -0.536. The van der Waals surface area contributed by atoms with Gasteiger partial charge >= 0.3 is 5.97 Å². The molecule has 0 radical (unpaired) electrons. The van der Waals surface area contributed by atoms with Gasteiger partial charge in [-0.05, 0) is 17.7 Å². The van der Waals surface area contributed by atoms with Crippen molar-refractivity contribution in [3.63, 3.8) is 0 Å². The highest BCUT2D eigenvalue weighted by Gasteiger charge is 2.17. The van der Waals surface area contributed by atoms with Crippen molar-refractivity contribution in [2.75, 3.05) is 0 Å². The largest absolute Gasteiger partial charge is 0.457 e. The van der Waals surface area contributed by atoms with Crippen molar-refractivity contribution in [1.29, 1.82) is 0 Å². The third kappa shape index (κ3) is 3.72. The van der Waals surface area contributed by atoms with Gasteiger partial charge in [0.1, 0.15) is 6.61 Å². The van der Waals surface area contributed by atoms with Crippen molar-refractivity contribution in [1.82, 2.24) is 0 Å². The number of carbonyl (C=O) groups is 1. The number of benzene rings is 2. The number of rotatable bonds is 3. The molecule has 19 heavy (non-hydrogen) atoms. The first kappa shape index (κ1) is 14.4. The SMILES string of the molecule is O=C(OCc1ccccc1)c1c(Cl)cc(Br)cc1Cl. The Balaban J connectivity index is 2.13. The lowest BCUT2D eigenvalue weighted by atomic mass is 10.2. The van der Waals surface area contributed by atoms with Gasteiger partial charge in [0, 0.05) is 4.47 Å². The van der Waals surface area contributed by atoms with Gasteiger partial charge in [0.25, 0.3) is 0 Å². The Morgan fingerprint density at radius 3 is 2.26 bits per heavy atom. The number of ether oxygens (including phenoxy) is 1. The fourth-order valence-electron chi connectivity index (χ4n) is 1.53. The van der Waals surface area contributed by atoms with Gasteiger partial charge in [-0.1, -0.05) is 69.5 Å². The summed E-state index contributed by atoms with van der Waals surface area (Å²) in [7, 11) is 0. The molecule has 2 aromatic carbocycles. The maximum Gasteiger partial charge on any atom is 0.341 e. The minimum atomic E-state index is -0.536. The Morgan fingerprint density at radius 2 is 1.68 bits per heavy atom. The molecule has 0 aliphatic carbocycles. The van der Waals surface area contributed by atoms with Crippen LogP contribution in [0.15, 0.2) is 46.9 Å². The zero-order valence-corrected chi connectivity index (χ0v) is 12.8. The predicted molar refractivity (Wildman–Crippen MR) is 79.7 cm³/mol. The molecule has 0 spiro atoms. The third-order valence-electron chi connectivity index (χ3n) is 2.42.